The first-order valence-electron chi connectivity index (χ1n) is 7.36. The third kappa shape index (κ3) is 3.53. The maximum absolute atomic E-state index is 12.3. The zero-order valence-corrected chi connectivity index (χ0v) is 13.1. The molecule has 1 fully saturated rings. The van der Waals surface area contributed by atoms with Gasteiger partial charge in [-0.3, -0.25) is 9.78 Å². The van der Waals surface area contributed by atoms with Crippen LogP contribution in [0, 0.1) is 0 Å². The fourth-order valence-electron chi connectivity index (χ4n) is 2.37. The molecule has 0 bridgehead atoms. The van der Waals surface area contributed by atoms with Crippen molar-refractivity contribution >= 4 is 11.7 Å². The van der Waals surface area contributed by atoms with Crippen molar-refractivity contribution in [2.45, 2.75) is 12.5 Å². The largest absolute Gasteiger partial charge is 0.471 e. The van der Waals surface area contributed by atoms with Crippen LogP contribution in [0.5, 0.6) is 5.88 Å². The topological polar surface area (TPSA) is 84.3 Å². The van der Waals surface area contributed by atoms with Gasteiger partial charge in [-0.15, -0.1) is 10.2 Å². The number of rotatable bonds is 4. The van der Waals surface area contributed by atoms with E-state index in [4.69, 9.17) is 4.74 Å². The van der Waals surface area contributed by atoms with Gasteiger partial charge in [-0.05, 0) is 6.07 Å². The molecule has 2 aromatic rings. The SMILES string of the molecule is CN(C)c1ccc(O[C@H]2CCN(C(=O)c3cnccn3)C2)nn1. The summed E-state index contributed by atoms with van der Waals surface area (Å²) in [6.45, 7) is 1.13. The molecule has 0 aromatic carbocycles. The molecule has 1 atom stereocenters. The maximum atomic E-state index is 12.3. The van der Waals surface area contributed by atoms with Crippen LogP contribution < -0.4 is 9.64 Å². The number of hydrogen-bond donors (Lipinski definition) is 0. The van der Waals surface area contributed by atoms with E-state index in [9.17, 15) is 4.79 Å². The average Bonchev–Trinajstić information content (AvgIpc) is 3.04. The number of nitrogens with zero attached hydrogens (tertiary/aromatic N) is 6. The van der Waals surface area contributed by atoms with Crippen LogP contribution >= 0.6 is 0 Å². The summed E-state index contributed by atoms with van der Waals surface area (Å²) in [4.78, 5) is 23.8. The molecule has 1 saturated heterocycles. The standard InChI is InChI=1S/C15H18N6O2/c1-20(2)13-3-4-14(19-18-13)23-11-5-8-21(10-11)15(22)12-9-16-6-7-17-12/h3-4,6-7,9,11H,5,8,10H2,1-2H3/t11-/m0/s1. The second-order valence-electron chi connectivity index (χ2n) is 5.49. The second kappa shape index (κ2) is 6.55. The van der Waals surface area contributed by atoms with Gasteiger partial charge < -0.3 is 14.5 Å². The highest BCUT2D eigenvalue weighted by Crippen LogP contribution is 2.18. The molecule has 23 heavy (non-hydrogen) atoms. The third-order valence-corrected chi connectivity index (χ3v) is 3.59. The summed E-state index contributed by atoms with van der Waals surface area (Å²) in [6.07, 6.45) is 5.20. The van der Waals surface area contributed by atoms with Crippen LogP contribution in [0.2, 0.25) is 0 Å². The molecule has 1 aliphatic rings. The number of likely N-dealkylation sites (tertiary alicyclic amines) is 1. The molecular weight excluding hydrogens is 296 g/mol. The van der Waals surface area contributed by atoms with Crippen LogP contribution in [-0.4, -0.2) is 64.3 Å². The Morgan fingerprint density at radius 2 is 2.17 bits per heavy atom. The van der Waals surface area contributed by atoms with Gasteiger partial charge >= 0.3 is 0 Å². The number of anilines is 1. The minimum absolute atomic E-state index is 0.0878. The first kappa shape index (κ1) is 15.1. The number of aromatic nitrogens is 4. The summed E-state index contributed by atoms with van der Waals surface area (Å²) in [5.74, 6) is 1.11. The van der Waals surface area contributed by atoms with E-state index in [-0.39, 0.29) is 12.0 Å². The molecule has 1 amide bonds. The van der Waals surface area contributed by atoms with Crippen molar-refractivity contribution in [3.05, 3.63) is 36.4 Å². The normalized spacial score (nSPS) is 17.1. The van der Waals surface area contributed by atoms with Crippen molar-refractivity contribution in [3.8, 4) is 5.88 Å². The van der Waals surface area contributed by atoms with E-state index in [1.807, 2.05) is 25.1 Å². The molecule has 0 aliphatic carbocycles. The molecule has 1 aliphatic heterocycles. The van der Waals surface area contributed by atoms with Gasteiger partial charge in [-0.25, -0.2) is 4.98 Å². The highest BCUT2D eigenvalue weighted by molar-refractivity contribution is 5.92. The zero-order chi connectivity index (χ0) is 16.2. The van der Waals surface area contributed by atoms with E-state index in [1.165, 1.54) is 12.4 Å². The average molecular weight is 314 g/mol. The number of amides is 1. The van der Waals surface area contributed by atoms with Crippen molar-refractivity contribution in [3.63, 3.8) is 0 Å². The molecule has 0 N–H and O–H groups in total. The highest BCUT2D eigenvalue weighted by atomic mass is 16.5. The predicted octanol–water partition coefficient (Wildman–Crippen LogP) is 0.626. The van der Waals surface area contributed by atoms with Crippen LogP contribution in [0.25, 0.3) is 0 Å². The van der Waals surface area contributed by atoms with Gasteiger partial charge in [-0.2, -0.15) is 0 Å². The van der Waals surface area contributed by atoms with Crippen LogP contribution in [0.15, 0.2) is 30.7 Å². The number of ether oxygens (including phenoxy) is 1. The van der Waals surface area contributed by atoms with Gasteiger partial charge in [0.05, 0.1) is 12.7 Å². The Balaban J connectivity index is 1.58. The first-order chi connectivity index (χ1) is 11.1. The van der Waals surface area contributed by atoms with Gasteiger partial charge in [0.1, 0.15) is 11.8 Å². The Morgan fingerprint density at radius 1 is 1.30 bits per heavy atom. The quantitative estimate of drug-likeness (QED) is 0.818. The Bertz CT molecular complexity index is 661. The lowest BCUT2D eigenvalue weighted by molar-refractivity contribution is 0.0764. The minimum atomic E-state index is -0.127. The lowest BCUT2D eigenvalue weighted by atomic mass is 10.3. The lowest BCUT2D eigenvalue weighted by Crippen LogP contribution is -2.31. The summed E-state index contributed by atoms with van der Waals surface area (Å²) < 4.78 is 5.80. The molecule has 3 rings (SSSR count). The predicted molar refractivity (Wildman–Crippen MR) is 83.3 cm³/mol. The zero-order valence-electron chi connectivity index (χ0n) is 13.1. The third-order valence-electron chi connectivity index (χ3n) is 3.59. The fourth-order valence-corrected chi connectivity index (χ4v) is 2.37. The molecule has 0 radical (unpaired) electrons. The van der Waals surface area contributed by atoms with Crippen molar-refractivity contribution in [2.24, 2.45) is 0 Å². The van der Waals surface area contributed by atoms with Crippen LogP contribution in [0.1, 0.15) is 16.9 Å². The van der Waals surface area contributed by atoms with Crippen molar-refractivity contribution in [1.29, 1.82) is 0 Å². The van der Waals surface area contributed by atoms with Gasteiger partial charge in [0.15, 0.2) is 5.82 Å². The van der Waals surface area contributed by atoms with Crippen molar-refractivity contribution in [2.75, 3.05) is 32.1 Å². The Labute approximate surface area is 134 Å². The van der Waals surface area contributed by atoms with E-state index < -0.39 is 0 Å². The summed E-state index contributed by atoms with van der Waals surface area (Å²) in [7, 11) is 3.80. The summed E-state index contributed by atoms with van der Waals surface area (Å²) >= 11 is 0. The second-order valence-corrected chi connectivity index (χ2v) is 5.49. The Morgan fingerprint density at radius 3 is 2.83 bits per heavy atom. The van der Waals surface area contributed by atoms with E-state index in [1.54, 1.807) is 17.2 Å². The summed E-state index contributed by atoms with van der Waals surface area (Å²) in [5, 5.41) is 8.13. The molecule has 0 spiro atoms. The fraction of sp³-hybridized carbons (Fsp3) is 0.400. The van der Waals surface area contributed by atoms with Crippen LogP contribution in [0.3, 0.4) is 0 Å². The van der Waals surface area contributed by atoms with Crippen LogP contribution in [0.4, 0.5) is 5.82 Å². The summed E-state index contributed by atoms with van der Waals surface area (Å²) in [6, 6.07) is 3.63. The first-order valence-corrected chi connectivity index (χ1v) is 7.36. The molecule has 120 valence electrons. The molecule has 0 saturated carbocycles. The molecule has 3 heterocycles. The smallest absolute Gasteiger partial charge is 0.274 e. The number of carbonyl (C=O) groups is 1. The Hall–Kier alpha value is -2.77. The Kier molecular flexibility index (Phi) is 4.31. The van der Waals surface area contributed by atoms with Gasteiger partial charge in [0.25, 0.3) is 5.91 Å². The molecule has 2 aromatic heterocycles. The van der Waals surface area contributed by atoms with Crippen LogP contribution in [-0.2, 0) is 0 Å². The van der Waals surface area contributed by atoms with Gasteiger partial charge in [0.2, 0.25) is 5.88 Å². The molecule has 8 heteroatoms. The lowest BCUT2D eigenvalue weighted by Gasteiger charge is -2.16. The monoisotopic (exact) mass is 314 g/mol. The number of hydrogen-bond acceptors (Lipinski definition) is 7. The molecule has 8 nitrogen and oxygen atoms in total. The van der Waals surface area contributed by atoms with E-state index in [0.717, 1.165) is 12.2 Å². The molecule has 0 unspecified atom stereocenters. The minimum Gasteiger partial charge on any atom is -0.471 e. The van der Waals surface area contributed by atoms with E-state index >= 15 is 0 Å². The van der Waals surface area contributed by atoms with Gasteiger partial charge in [0, 0.05) is 45.5 Å². The maximum Gasteiger partial charge on any atom is 0.274 e. The van der Waals surface area contributed by atoms with Crippen molar-refractivity contribution in [1.82, 2.24) is 25.1 Å². The summed E-state index contributed by atoms with van der Waals surface area (Å²) in [5.41, 5.74) is 0.350. The number of carbonyl (C=O) groups excluding carboxylic acids is 1. The van der Waals surface area contributed by atoms with E-state index in [2.05, 4.69) is 20.2 Å². The molecular formula is C15H18N6O2. The van der Waals surface area contributed by atoms with E-state index in [0.29, 0.717) is 24.7 Å². The highest BCUT2D eigenvalue weighted by Gasteiger charge is 2.29. The van der Waals surface area contributed by atoms with Gasteiger partial charge in [-0.1, -0.05) is 0 Å². The van der Waals surface area contributed by atoms with Crippen molar-refractivity contribution < 1.29 is 9.53 Å².